The Hall–Kier alpha value is -1.79. The fourth-order valence-corrected chi connectivity index (χ4v) is 1.76. The predicted octanol–water partition coefficient (Wildman–Crippen LogP) is 0.897. The van der Waals surface area contributed by atoms with E-state index in [0.717, 1.165) is 18.9 Å². The molecule has 7 heteroatoms. The van der Waals surface area contributed by atoms with Gasteiger partial charge in [-0.3, -0.25) is 0 Å². The summed E-state index contributed by atoms with van der Waals surface area (Å²) < 4.78 is 1.84. The van der Waals surface area contributed by atoms with Gasteiger partial charge in [0.25, 0.3) is 0 Å². The highest BCUT2D eigenvalue weighted by molar-refractivity contribution is 5.80. The minimum absolute atomic E-state index is 0.235. The molecule has 7 nitrogen and oxygen atoms in total. The normalized spacial score (nSPS) is 12.1. The van der Waals surface area contributed by atoms with Crippen LogP contribution in [0.4, 0.5) is 5.82 Å². The van der Waals surface area contributed by atoms with Crippen molar-refractivity contribution in [3.8, 4) is 0 Å². The van der Waals surface area contributed by atoms with Crippen molar-refractivity contribution in [2.75, 3.05) is 18.0 Å². The number of hydrogen-bond acceptors (Lipinski definition) is 5. The molecule has 1 aromatic heterocycles. The third kappa shape index (κ3) is 3.90. The van der Waals surface area contributed by atoms with Crippen LogP contribution in [-0.4, -0.2) is 39.1 Å². The summed E-state index contributed by atoms with van der Waals surface area (Å²) in [5.74, 6) is 1.72. The van der Waals surface area contributed by atoms with E-state index < -0.39 is 0 Å². The Labute approximate surface area is 107 Å². The first kappa shape index (κ1) is 14.3. The van der Waals surface area contributed by atoms with Crippen molar-refractivity contribution >= 4 is 11.7 Å². The number of hydrogen-bond donors (Lipinski definition) is 2. The van der Waals surface area contributed by atoms with Crippen LogP contribution in [-0.2, 0) is 6.54 Å². The molecule has 0 saturated carbocycles. The number of nitrogens with two attached hydrogens (primary N) is 1. The monoisotopic (exact) mass is 254 g/mol. The Morgan fingerprint density at radius 3 is 2.89 bits per heavy atom. The van der Waals surface area contributed by atoms with Gasteiger partial charge in [0.1, 0.15) is 11.7 Å². The molecule has 0 spiro atoms. The number of amidine groups is 1. The van der Waals surface area contributed by atoms with Gasteiger partial charge in [-0.15, -0.1) is 5.10 Å². The molecule has 0 aliphatic carbocycles. The van der Waals surface area contributed by atoms with Crippen LogP contribution in [0.5, 0.6) is 0 Å². The molecule has 0 aliphatic rings. The van der Waals surface area contributed by atoms with Crippen LogP contribution < -0.4 is 10.6 Å². The number of rotatable bonds is 7. The van der Waals surface area contributed by atoms with E-state index in [1.165, 1.54) is 0 Å². The molecule has 0 aromatic carbocycles. The van der Waals surface area contributed by atoms with Crippen LogP contribution in [0.2, 0.25) is 0 Å². The lowest BCUT2D eigenvalue weighted by atomic mass is 10.2. The van der Waals surface area contributed by atoms with Crippen LogP contribution in [0.25, 0.3) is 0 Å². The minimum Gasteiger partial charge on any atom is -0.409 e. The Bertz CT molecular complexity index is 387. The summed E-state index contributed by atoms with van der Waals surface area (Å²) in [6.45, 7) is 8.66. The van der Waals surface area contributed by atoms with Gasteiger partial charge in [0.05, 0.1) is 6.20 Å². The van der Waals surface area contributed by atoms with E-state index in [1.54, 1.807) is 6.20 Å². The highest BCUT2D eigenvalue weighted by atomic mass is 16.4. The van der Waals surface area contributed by atoms with Crippen molar-refractivity contribution in [1.82, 2.24) is 15.0 Å². The van der Waals surface area contributed by atoms with E-state index in [4.69, 9.17) is 10.9 Å². The number of aromatic nitrogens is 3. The molecular weight excluding hydrogens is 232 g/mol. The van der Waals surface area contributed by atoms with Crippen LogP contribution in [0.3, 0.4) is 0 Å². The standard InChI is InChI=1S/C11H22N6O/c1-4-17-11(7-13-15-17)16(8-9(2)3)6-5-10(12)14-18/h7,9,18H,4-6,8H2,1-3H3,(H2,12,14). The van der Waals surface area contributed by atoms with Gasteiger partial charge in [-0.2, -0.15) is 0 Å². The van der Waals surface area contributed by atoms with E-state index in [9.17, 15) is 0 Å². The zero-order valence-electron chi connectivity index (χ0n) is 11.2. The number of anilines is 1. The molecule has 1 rings (SSSR count). The average Bonchev–Trinajstić information content (AvgIpc) is 2.81. The fraction of sp³-hybridized carbons (Fsp3) is 0.727. The van der Waals surface area contributed by atoms with Crippen molar-refractivity contribution in [3.05, 3.63) is 6.20 Å². The Balaban J connectivity index is 2.78. The molecule has 1 heterocycles. The second-order valence-electron chi connectivity index (χ2n) is 4.59. The summed E-state index contributed by atoms with van der Waals surface area (Å²) in [4.78, 5) is 2.16. The zero-order valence-corrected chi connectivity index (χ0v) is 11.2. The van der Waals surface area contributed by atoms with Gasteiger partial charge in [-0.1, -0.05) is 24.2 Å². The SMILES string of the molecule is CCn1nncc1N(CC/C(N)=N/O)CC(C)C. The average molecular weight is 254 g/mol. The molecule has 18 heavy (non-hydrogen) atoms. The fourth-order valence-electron chi connectivity index (χ4n) is 1.76. The quantitative estimate of drug-likeness (QED) is 0.326. The van der Waals surface area contributed by atoms with Gasteiger partial charge in [0.15, 0.2) is 0 Å². The van der Waals surface area contributed by atoms with Crippen molar-refractivity contribution in [3.63, 3.8) is 0 Å². The Kier molecular flexibility index (Phi) is 5.41. The summed E-state index contributed by atoms with van der Waals surface area (Å²) in [6.07, 6.45) is 2.26. The van der Waals surface area contributed by atoms with E-state index in [2.05, 4.69) is 34.2 Å². The molecule has 0 saturated heterocycles. The summed E-state index contributed by atoms with van der Waals surface area (Å²) in [7, 11) is 0. The van der Waals surface area contributed by atoms with Gasteiger partial charge >= 0.3 is 0 Å². The summed E-state index contributed by atoms with van der Waals surface area (Å²) in [5.41, 5.74) is 5.51. The van der Waals surface area contributed by atoms with Crippen LogP contribution >= 0.6 is 0 Å². The van der Waals surface area contributed by atoms with Crippen molar-refractivity contribution < 1.29 is 5.21 Å². The molecule has 0 radical (unpaired) electrons. The smallest absolute Gasteiger partial charge is 0.147 e. The molecule has 3 N–H and O–H groups in total. The van der Waals surface area contributed by atoms with Crippen molar-refractivity contribution in [2.45, 2.75) is 33.7 Å². The van der Waals surface area contributed by atoms with E-state index in [0.29, 0.717) is 18.9 Å². The first-order valence-electron chi connectivity index (χ1n) is 6.18. The summed E-state index contributed by atoms with van der Waals surface area (Å²) in [6, 6.07) is 0. The van der Waals surface area contributed by atoms with Gasteiger partial charge < -0.3 is 15.8 Å². The molecule has 0 fully saturated rings. The van der Waals surface area contributed by atoms with E-state index in [-0.39, 0.29) is 5.84 Å². The van der Waals surface area contributed by atoms with Gasteiger partial charge in [-0.25, -0.2) is 4.68 Å². The first-order chi connectivity index (χ1) is 8.58. The lowest BCUT2D eigenvalue weighted by molar-refractivity contribution is 0.317. The molecule has 1 aromatic rings. The molecule has 102 valence electrons. The molecule has 0 unspecified atom stereocenters. The second-order valence-corrected chi connectivity index (χ2v) is 4.59. The van der Waals surface area contributed by atoms with Gasteiger partial charge in [0.2, 0.25) is 0 Å². The number of nitrogens with zero attached hydrogens (tertiary/aromatic N) is 5. The molecule has 0 amide bonds. The number of oxime groups is 1. The Morgan fingerprint density at radius 1 is 1.61 bits per heavy atom. The molecule has 0 aliphatic heterocycles. The van der Waals surface area contributed by atoms with Gasteiger partial charge in [0, 0.05) is 26.1 Å². The van der Waals surface area contributed by atoms with E-state index in [1.807, 2.05) is 11.6 Å². The van der Waals surface area contributed by atoms with E-state index >= 15 is 0 Å². The zero-order chi connectivity index (χ0) is 13.5. The van der Waals surface area contributed by atoms with Crippen molar-refractivity contribution in [1.29, 1.82) is 0 Å². The van der Waals surface area contributed by atoms with Crippen LogP contribution in [0, 0.1) is 5.92 Å². The maximum atomic E-state index is 8.58. The predicted molar refractivity (Wildman–Crippen MR) is 70.8 cm³/mol. The molecule has 0 atom stereocenters. The lowest BCUT2D eigenvalue weighted by Crippen LogP contribution is -2.33. The second kappa shape index (κ2) is 6.83. The number of aryl methyl sites for hydroxylation is 1. The van der Waals surface area contributed by atoms with Gasteiger partial charge in [-0.05, 0) is 12.8 Å². The topological polar surface area (TPSA) is 92.6 Å². The third-order valence-corrected chi connectivity index (χ3v) is 2.57. The van der Waals surface area contributed by atoms with Crippen LogP contribution in [0.15, 0.2) is 11.4 Å². The maximum Gasteiger partial charge on any atom is 0.147 e. The summed E-state index contributed by atoms with van der Waals surface area (Å²) in [5, 5.41) is 19.5. The first-order valence-corrected chi connectivity index (χ1v) is 6.18. The Morgan fingerprint density at radius 2 is 2.33 bits per heavy atom. The van der Waals surface area contributed by atoms with Crippen molar-refractivity contribution in [2.24, 2.45) is 16.8 Å². The largest absolute Gasteiger partial charge is 0.409 e. The summed E-state index contributed by atoms with van der Waals surface area (Å²) >= 11 is 0. The third-order valence-electron chi connectivity index (χ3n) is 2.57. The maximum absolute atomic E-state index is 8.58. The highest BCUT2D eigenvalue weighted by Crippen LogP contribution is 2.14. The lowest BCUT2D eigenvalue weighted by Gasteiger charge is -2.25. The molecule has 0 bridgehead atoms. The minimum atomic E-state index is 0.235. The molecular formula is C11H22N6O. The van der Waals surface area contributed by atoms with Crippen LogP contribution in [0.1, 0.15) is 27.2 Å². The highest BCUT2D eigenvalue weighted by Gasteiger charge is 2.14.